The molecular formula is C12H13ClN4O. The Kier molecular flexibility index (Phi) is 3.96. The summed E-state index contributed by atoms with van der Waals surface area (Å²) in [5.41, 5.74) is 7.30. The lowest BCUT2D eigenvalue weighted by Gasteiger charge is -2.11. The van der Waals surface area contributed by atoms with Crippen molar-refractivity contribution in [1.29, 1.82) is 0 Å². The fraction of sp³-hybridized carbons (Fsp3) is 0.167. The summed E-state index contributed by atoms with van der Waals surface area (Å²) in [5.74, 6) is -0.244. The molecule has 0 aliphatic heterocycles. The highest BCUT2D eigenvalue weighted by Gasteiger charge is 2.14. The van der Waals surface area contributed by atoms with Crippen LogP contribution >= 0.6 is 11.6 Å². The first kappa shape index (κ1) is 12.6. The number of carbonyl (C=O) groups is 1. The number of imidazole rings is 1. The normalized spacial score (nSPS) is 12.1. The zero-order chi connectivity index (χ0) is 13.0. The molecule has 18 heavy (non-hydrogen) atoms. The van der Waals surface area contributed by atoms with E-state index in [1.807, 2.05) is 0 Å². The average Bonchev–Trinajstić information content (AvgIpc) is 2.85. The standard InChI is InChI=1S/C12H13ClN4O/c13-8-1-3-9(4-2-8)17-12(18)11(14)5-10-6-15-7-16-10/h1-4,6-7,11H,5,14H2,(H,15,16)(H,17,18)/t11-/m0/s1. The van der Waals surface area contributed by atoms with E-state index in [1.165, 1.54) is 0 Å². The van der Waals surface area contributed by atoms with Crippen LogP contribution in [0, 0.1) is 0 Å². The van der Waals surface area contributed by atoms with Crippen molar-refractivity contribution in [1.82, 2.24) is 9.97 Å². The van der Waals surface area contributed by atoms with E-state index in [2.05, 4.69) is 15.3 Å². The number of nitrogens with zero attached hydrogens (tertiary/aromatic N) is 1. The fourth-order valence-electron chi connectivity index (χ4n) is 1.49. The van der Waals surface area contributed by atoms with Crippen molar-refractivity contribution in [3.05, 3.63) is 47.5 Å². The molecule has 4 N–H and O–H groups in total. The van der Waals surface area contributed by atoms with Crippen LogP contribution in [0.2, 0.25) is 5.02 Å². The lowest BCUT2D eigenvalue weighted by atomic mass is 10.1. The van der Waals surface area contributed by atoms with Gasteiger partial charge in [-0.25, -0.2) is 4.98 Å². The van der Waals surface area contributed by atoms with Crippen molar-refractivity contribution < 1.29 is 4.79 Å². The summed E-state index contributed by atoms with van der Waals surface area (Å²) in [4.78, 5) is 18.6. The number of nitrogens with one attached hydrogen (secondary N) is 2. The third-order valence-electron chi connectivity index (χ3n) is 2.44. The Hall–Kier alpha value is -1.85. The van der Waals surface area contributed by atoms with Crippen LogP contribution in [0.5, 0.6) is 0 Å². The molecule has 0 fully saturated rings. The maximum absolute atomic E-state index is 11.8. The van der Waals surface area contributed by atoms with Gasteiger partial charge < -0.3 is 16.0 Å². The highest BCUT2D eigenvalue weighted by Crippen LogP contribution is 2.13. The van der Waals surface area contributed by atoms with Crippen LogP contribution in [0.4, 0.5) is 5.69 Å². The maximum Gasteiger partial charge on any atom is 0.241 e. The smallest absolute Gasteiger partial charge is 0.241 e. The predicted octanol–water partition coefficient (Wildman–Crippen LogP) is 1.57. The van der Waals surface area contributed by atoms with E-state index in [0.717, 1.165) is 5.69 Å². The maximum atomic E-state index is 11.8. The molecule has 5 nitrogen and oxygen atoms in total. The van der Waals surface area contributed by atoms with Crippen LogP contribution in [0.1, 0.15) is 5.69 Å². The monoisotopic (exact) mass is 264 g/mol. The minimum atomic E-state index is -0.624. The number of nitrogens with two attached hydrogens (primary N) is 1. The number of anilines is 1. The fourth-order valence-corrected chi connectivity index (χ4v) is 1.62. The molecule has 1 amide bonds. The van der Waals surface area contributed by atoms with Gasteiger partial charge in [0, 0.05) is 29.0 Å². The molecule has 0 bridgehead atoms. The van der Waals surface area contributed by atoms with Gasteiger partial charge in [0.1, 0.15) is 0 Å². The SMILES string of the molecule is N[C@@H](Cc1cnc[nH]1)C(=O)Nc1ccc(Cl)cc1. The van der Waals surface area contributed by atoms with Crippen molar-refractivity contribution in [3.8, 4) is 0 Å². The number of rotatable bonds is 4. The molecule has 2 rings (SSSR count). The number of aromatic amines is 1. The molecule has 0 saturated heterocycles. The van der Waals surface area contributed by atoms with E-state index in [1.54, 1.807) is 36.8 Å². The molecule has 0 saturated carbocycles. The Morgan fingerprint density at radius 3 is 2.78 bits per heavy atom. The Morgan fingerprint density at radius 1 is 1.44 bits per heavy atom. The first-order valence-electron chi connectivity index (χ1n) is 5.44. The van der Waals surface area contributed by atoms with Crippen LogP contribution in [0.15, 0.2) is 36.8 Å². The number of aromatic nitrogens is 2. The number of amides is 1. The molecular weight excluding hydrogens is 252 g/mol. The molecule has 6 heteroatoms. The van der Waals surface area contributed by atoms with Crippen molar-refractivity contribution in [2.45, 2.75) is 12.5 Å². The molecule has 1 aromatic heterocycles. The van der Waals surface area contributed by atoms with Gasteiger partial charge in [0.25, 0.3) is 0 Å². The number of hydrogen-bond acceptors (Lipinski definition) is 3. The van der Waals surface area contributed by atoms with E-state index >= 15 is 0 Å². The molecule has 0 aliphatic carbocycles. The number of halogens is 1. The lowest BCUT2D eigenvalue weighted by Crippen LogP contribution is -2.37. The van der Waals surface area contributed by atoms with Crippen molar-refractivity contribution >= 4 is 23.2 Å². The molecule has 0 aliphatic rings. The number of hydrogen-bond donors (Lipinski definition) is 3. The van der Waals surface area contributed by atoms with E-state index in [4.69, 9.17) is 17.3 Å². The third-order valence-corrected chi connectivity index (χ3v) is 2.70. The summed E-state index contributed by atoms with van der Waals surface area (Å²) in [7, 11) is 0. The zero-order valence-corrected chi connectivity index (χ0v) is 10.3. The highest BCUT2D eigenvalue weighted by atomic mass is 35.5. The molecule has 1 aromatic carbocycles. The molecule has 1 heterocycles. The number of carbonyl (C=O) groups excluding carboxylic acids is 1. The van der Waals surface area contributed by atoms with Gasteiger partial charge in [0.05, 0.1) is 12.4 Å². The van der Waals surface area contributed by atoms with Gasteiger partial charge in [-0.3, -0.25) is 4.79 Å². The predicted molar refractivity (Wildman–Crippen MR) is 70.3 cm³/mol. The quantitative estimate of drug-likeness (QED) is 0.784. The zero-order valence-electron chi connectivity index (χ0n) is 9.56. The van der Waals surface area contributed by atoms with Gasteiger partial charge in [-0.05, 0) is 24.3 Å². The first-order chi connectivity index (χ1) is 8.65. The van der Waals surface area contributed by atoms with Crippen molar-refractivity contribution in [3.63, 3.8) is 0 Å². The first-order valence-corrected chi connectivity index (χ1v) is 5.82. The van der Waals surface area contributed by atoms with Crippen LogP contribution in [-0.4, -0.2) is 21.9 Å². The summed E-state index contributed by atoms with van der Waals surface area (Å²) in [6.07, 6.45) is 3.62. The van der Waals surface area contributed by atoms with Crippen LogP contribution in [-0.2, 0) is 11.2 Å². The van der Waals surface area contributed by atoms with Gasteiger partial charge in [-0.1, -0.05) is 11.6 Å². The summed E-state index contributed by atoms with van der Waals surface area (Å²) < 4.78 is 0. The number of benzene rings is 1. The average molecular weight is 265 g/mol. The van der Waals surface area contributed by atoms with Gasteiger partial charge in [0.15, 0.2) is 0 Å². The minimum Gasteiger partial charge on any atom is -0.348 e. The van der Waals surface area contributed by atoms with Crippen molar-refractivity contribution in [2.75, 3.05) is 5.32 Å². The van der Waals surface area contributed by atoms with Gasteiger partial charge >= 0.3 is 0 Å². The lowest BCUT2D eigenvalue weighted by molar-refractivity contribution is -0.117. The Labute approximate surface area is 109 Å². The van der Waals surface area contributed by atoms with Gasteiger partial charge in [-0.2, -0.15) is 0 Å². The summed E-state index contributed by atoms with van der Waals surface area (Å²) >= 11 is 5.76. The second-order valence-corrected chi connectivity index (χ2v) is 4.32. The molecule has 94 valence electrons. The largest absolute Gasteiger partial charge is 0.348 e. The molecule has 2 aromatic rings. The topological polar surface area (TPSA) is 83.8 Å². The summed E-state index contributed by atoms with van der Waals surface area (Å²) in [6.45, 7) is 0. The highest BCUT2D eigenvalue weighted by molar-refractivity contribution is 6.30. The Bertz CT molecular complexity index is 509. The van der Waals surface area contributed by atoms with E-state index in [-0.39, 0.29) is 5.91 Å². The summed E-state index contributed by atoms with van der Waals surface area (Å²) in [5, 5.41) is 3.34. The molecule has 0 radical (unpaired) electrons. The molecule has 0 unspecified atom stereocenters. The van der Waals surface area contributed by atoms with Crippen LogP contribution in [0.25, 0.3) is 0 Å². The molecule has 0 spiro atoms. The third kappa shape index (κ3) is 3.32. The second-order valence-electron chi connectivity index (χ2n) is 3.88. The Balaban J connectivity index is 1.93. The van der Waals surface area contributed by atoms with Crippen LogP contribution in [0.3, 0.4) is 0 Å². The van der Waals surface area contributed by atoms with Crippen LogP contribution < -0.4 is 11.1 Å². The summed E-state index contributed by atoms with van der Waals surface area (Å²) in [6, 6.07) is 6.24. The van der Waals surface area contributed by atoms with E-state index < -0.39 is 6.04 Å². The number of H-pyrrole nitrogens is 1. The van der Waals surface area contributed by atoms with Crippen molar-refractivity contribution in [2.24, 2.45) is 5.73 Å². The second kappa shape index (κ2) is 5.66. The molecule has 1 atom stereocenters. The van der Waals surface area contributed by atoms with Gasteiger partial charge in [-0.15, -0.1) is 0 Å². The Morgan fingerprint density at radius 2 is 2.17 bits per heavy atom. The van der Waals surface area contributed by atoms with E-state index in [9.17, 15) is 4.79 Å². The van der Waals surface area contributed by atoms with E-state index in [0.29, 0.717) is 17.1 Å². The van der Waals surface area contributed by atoms with Gasteiger partial charge in [0.2, 0.25) is 5.91 Å². The minimum absolute atomic E-state index is 0.244.